The Balaban J connectivity index is 2.32. The van der Waals surface area contributed by atoms with Crippen molar-refractivity contribution >= 4 is 22.6 Å². The Kier molecular flexibility index (Phi) is 3.77. The fourth-order valence-corrected chi connectivity index (χ4v) is 1.99. The van der Waals surface area contributed by atoms with Crippen molar-refractivity contribution in [3.63, 3.8) is 0 Å². The molecule has 18 heavy (non-hydrogen) atoms. The Morgan fingerprint density at radius 3 is 2.67 bits per heavy atom. The SMILES string of the molecule is Cc1ncn(Cc2ccc(C#N)cc2)c(=O)c1I. The second-order valence-electron chi connectivity index (χ2n) is 3.89. The summed E-state index contributed by atoms with van der Waals surface area (Å²) in [5, 5.41) is 8.71. The van der Waals surface area contributed by atoms with Crippen molar-refractivity contribution in [1.29, 1.82) is 5.26 Å². The van der Waals surface area contributed by atoms with Gasteiger partial charge in [0.25, 0.3) is 5.56 Å². The molecule has 5 heteroatoms. The molecule has 90 valence electrons. The van der Waals surface area contributed by atoms with E-state index < -0.39 is 0 Å². The monoisotopic (exact) mass is 351 g/mol. The lowest BCUT2D eigenvalue weighted by molar-refractivity contribution is 0.723. The lowest BCUT2D eigenvalue weighted by Gasteiger charge is -2.07. The van der Waals surface area contributed by atoms with E-state index in [2.05, 4.69) is 11.1 Å². The molecule has 0 bridgehead atoms. The van der Waals surface area contributed by atoms with E-state index in [-0.39, 0.29) is 5.56 Å². The number of aryl methyl sites for hydroxylation is 1. The Hall–Kier alpha value is -1.68. The van der Waals surface area contributed by atoms with Gasteiger partial charge in [-0.1, -0.05) is 12.1 Å². The molecule has 0 spiro atoms. The maximum Gasteiger partial charge on any atom is 0.267 e. The van der Waals surface area contributed by atoms with E-state index in [0.717, 1.165) is 11.3 Å². The van der Waals surface area contributed by atoms with Gasteiger partial charge in [-0.2, -0.15) is 5.26 Å². The van der Waals surface area contributed by atoms with Crippen molar-refractivity contribution in [2.45, 2.75) is 13.5 Å². The molecule has 1 aromatic heterocycles. The third-order valence-corrected chi connectivity index (χ3v) is 3.84. The minimum atomic E-state index is -0.0348. The Bertz CT molecular complexity index is 668. The number of benzene rings is 1. The van der Waals surface area contributed by atoms with E-state index in [9.17, 15) is 4.79 Å². The minimum Gasteiger partial charge on any atom is -0.294 e. The fourth-order valence-electron chi connectivity index (χ4n) is 1.54. The number of hydrogen-bond donors (Lipinski definition) is 0. The molecule has 0 aliphatic carbocycles. The molecule has 0 saturated carbocycles. The lowest BCUT2D eigenvalue weighted by atomic mass is 10.1. The van der Waals surface area contributed by atoms with E-state index in [1.807, 2.05) is 41.6 Å². The van der Waals surface area contributed by atoms with Gasteiger partial charge >= 0.3 is 0 Å². The van der Waals surface area contributed by atoms with Gasteiger partial charge in [-0.15, -0.1) is 0 Å². The first-order chi connectivity index (χ1) is 8.61. The average molecular weight is 351 g/mol. The predicted octanol–water partition coefficient (Wildman–Crippen LogP) is 2.08. The highest BCUT2D eigenvalue weighted by Gasteiger charge is 2.05. The fraction of sp³-hybridized carbons (Fsp3) is 0.154. The second kappa shape index (κ2) is 5.31. The number of hydrogen-bond acceptors (Lipinski definition) is 3. The van der Waals surface area contributed by atoms with Crippen LogP contribution in [-0.2, 0) is 6.54 Å². The van der Waals surface area contributed by atoms with Crippen LogP contribution < -0.4 is 5.56 Å². The summed E-state index contributed by atoms with van der Waals surface area (Å²) >= 11 is 2.01. The number of aromatic nitrogens is 2. The van der Waals surface area contributed by atoms with Gasteiger partial charge in [-0.25, -0.2) is 4.98 Å². The minimum absolute atomic E-state index is 0.0348. The molecule has 0 N–H and O–H groups in total. The summed E-state index contributed by atoms with van der Waals surface area (Å²) in [5.41, 5.74) is 2.30. The molecular weight excluding hydrogens is 341 g/mol. The summed E-state index contributed by atoms with van der Waals surface area (Å²) in [6, 6.07) is 9.24. The standard InChI is InChI=1S/C13H10IN3O/c1-9-12(14)13(18)17(8-16-9)7-11-4-2-10(6-15)3-5-11/h2-5,8H,7H2,1H3. The number of rotatable bonds is 2. The van der Waals surface area contributed by atoms with Crippen LogP contribution in [0.1, 0.15) is 16.8 Å². The van der Waals surface area contributed by atoms with Gasteiger partial charge in [-0.3, -0.25) is 9.36 Å². The van der Waals surface area contributed by atoms with Gasteiger partial charge in [0.2, 0.25) is 0 Å². The van der Waals surface area contributed by atoms with Gasteiger partial charge in [0, 0.05) is 0 Å². The molecule has 0 saturated heterocycles. The van der Waals surface area contributed by atoms with Gasteiger partial charge in [0.15, 0.2) is 0 Å². The van der Waals surface area contributed by atoms with E-state index in [1.54, 1.807) is 23.0 Å². The summed E-state index contributed by atoms with van der Waals surface area (Å²) in [4.78, 5) is 16.2. The molecule has 1 heterocycles. The van der Waals surface area contributed by atoms with Crippen molar-refractivity contribution in [1.82, 2.24) is 9.55 Å². The first kappa shape index (κ1) is 12.8. The van der Waals surface area contributed by atoms with Gasteiger partial charge in [0.1, 0.15) is 0 Å². The Morgan fingerprint density at radius 2 is 2.06 bits per heavy atom. The number of nitriles is 1. The maximum atomic E-state index is 12.0. The van der Waals surface area contributed by atoms with E-state index in [4.69, 9.17) is 5.26 Å². The van der Waals surface area contributed by atoms with E-state index in [1.165, 1.54) is 0 Å². The summed E-state index contributed by atoms with van der Waals surface area (Å²) in [7, 11) is 0. The molecule has 0 aliphatic rings. The highest BCUT2D eigenvalue weighted by atomic mass is 127. The molecule has 0 atom stereocenters. The van der Waals surface area contributed by atoms with Crippen molar-refractivity contribution < 1.29 is 0 Å². The van der Waals surface area contributed by atoms with Crippen molar-refractivity contribution in [3.8, 4) is 6.07 Å². The highest BCUT2D eigenvalue weighted by Crippen LogP contribution is 2.06. The zero-order valence-electron chi connectivity index (χ0n) is 9.72. The van der Waals surface area contributed by atoms with Gasteiger partial charge in [0.05, 0.1) is 33.8 Å². The van der Waals surface area contributed by atoms with Crippen molar-refractivity contribution in [2.75, 3.05) is 0 Å². The van der Waals surface area contributed by atoms with Crippen LogP contribution in [0.5, 0.6) is 0 Å². The number of halogens is 1. The lowest BCUT2D eigenvalue weighted by Crippen LogP contribution is -2.24. The highest BCUT2D eigenvalue weighted by molar-refractivity contribution is 14.1. The van der Waals surface area contributed by atoms with Crippen molar-refractivity contribution in [2.24, 2.45) is 0 Å². The average Bonchev–Trinajstić information content (AvgIpc) is 2.40. The van der Waals surface area contributed by atoms with Crippen LogP contribution in [0.2, 0.25) is 0 Å². The summed E-state index contributed by atoms with van der Waals surface area (Å²) in [6.45, 7) is 2.28. The molecule has 0 fully saturated rings. The molecule has 2 rings (SSSR count). The first-order valence-electron chi connectivity index (χ1n) is 5.32. The van der Waals surface area contributed by atoms with Gasteiger partial charge in [-0.05, 0) is 47.2 Å². The third kappa shape index (κ3) is 2.59. The largest absolute Gasteiger partial charge is 0.294 e. The van der Waals surface area contributed by atoms with Crippen LogP contribution in [0.25, 0.3) is 0 Å². The second-order valence-corrected chi connectivity index (χ2v) is 4.96. The van der Waals surface area contributed by atoms with Crippen molar-refractivity contribution in [3.05, 3.63) is 61.3 Å². The molecular formula is C13H10IN3O. The summed E-state index contributed by atoms with van der Waals surface area (Å²) in [5.74, 6) is 0. The Morgan fingerprint density at radius 1 is 1.39 bits per heavy atom. The van der Waals surface area contributed by atoms with E-state index in [0.29, 0.717) is 15.7 Å². The zero-order chi connectivity index (χ0) is 13.1. The molecule has 4 nitrogen and oxygen atoms in total. The topological polar surface area (TPSA) is 58.7 Å². The summed E-state index contributed by atoms with van der Waals surface area (Å²) in [6.07, 6.45) is 1.55. The molecule has 0 aliphatic heterocycles. The van der Waals surface area contributed by atoms with Crippen LogP contribution in [0.3, 0.4) is 0 Å². The quantitative estimate of drug-likeness (QED) is 0.779. The third-order valence-electron chi connectivity index (χ3n) is 2.59. The maximum absolute atomic E-state index is 12.0. The van der Waals surface area contributed by atoms with Crippen LogP contribution >= 0.6 is 22.6 Å². The predicted molar refractivity (Wildman–Crippen MR) is 76.2 cm³/mol. The smallest absolute Gasteiger partial charge is 0.267 e. The molecule has 0 unspecified atom stereocenters. The normalized spacial score (nSPS) is 10.1. The van der Waals surface area contributed by atoms with Crippen LogP contribution in [0.15, 0.2) is 35.4 Å². The molecule has 1 aromatic carbocycles. The first-order valence-corrected chi connectivity index (χ1v) is 6.40. The van der Waals surface area contributed by atoms with Crippen LogP contribution in [0.4, 0.5) is 0 Å². The van der Waals surface area contributed by atoms with Crippen LogP contribution in [0, 0.1) is 21.8 Å². The van der Waals surface area contributed by atoms with Gasteiger partial charge < -0.3 is 0 Å². The Labute approximate surface area is 118 Å². The number of nitrogens with zero attached hydrogens (tertiary/aromatic N) is 3. The van der Waals surface area contributed by atoms with Crippen LogP contribution in [-0.4, -0.2) is 9.55 Å². The summed E-state index contributed by atoms with van der Waals surface area (Å²) < 4.78 is 2.21. The van der Waals surface area contributed by atoms with E-state index >= 15 is 0 Å². The zero-order valence-corrected chi connectivity index (χ0v) is 11.9. The molecule has 0 radical (unpaired) electrons. The molecule has 2 aromatic rings. The molecule has 0 amide bonds.